The normalized spacial score (nSPS) is 12.8. The van der Waals surface area contributed by atoms with Gasteiger partial charge in [-0.15, -0.1) is 0 Å². The number of aromatic nitrogens is 1. The molecular formula is C19H26N2O4. The number of nitrogens with one attached hydrogen (secondary N) is 1. The zero-order chi connectivity index (χ0) is 18.4. The summed E-state index contributed by atoms with van der Waals surface area (Å²) in [5.74, 6) is -0.283. The highest BCUT2D eigenvalue weighted by molar-refractivity contribution is 5.85. The third kappa shape index (κ3) is 5.60. The maximum atomic E-state index is 11.4. The van der Waals surface area contributed by atoms with Crippen LogP contribution < -0.4 is 10.1 Å². The molecule has 0 aliphatic carbocycles. The lowest BCUT2D eigenvalue weighted by Gasteiger charge is -2.28. The van der Waals surface area contributed by atoms with Gasteiger partial charge in [-0.2, -0.15) is 0 Å². The molecule has 136 valence electrons. The van der Waals surface area contributed by atoms with Crippen LogP contribution >= 0.6 is 0 Å². The summed E-state index contributed by atoms with van der Waals surface area (Å²) in [6.45, 7) is 9.30. The van der Waals surface area contributed by atoms with Gasteiger partial charge in [0.25, 0.3) is 0 Å². The minimum absolute atomic E-state index is 0.0934. The molecule has 25 heavy (non-hydrogen) atoms. The van der Waals surface area contributed by atoms with E-state index < -0.39 is 5.97 Å². The monoisotopic (exact) mass is 346 g/mol. The average Bonchev–Trinajstić information content (AvgIpc) is 2.96. The molecule has 0 aliphatic rings. The number of carboxylic acids is 1. The van der Waals surface area contributed by atoms with Crippen molar-refractivity contribution in [3.8, 4) is 5.75 Å². The summed E-state index contributed by atoms with van der Waals surface area (Å²) in [7, 11) is 0. The highest BCUT2D eigenvalue weighted by Crippen LogP contribution is 2.19. The molecule has 0 radical (unpaired) electrons. The van der Waals surface area contributed by atoms with Crippen molar-refractivity contribution in [2.24, 2.45) is 5.41 Å². The van der Waals surface area contributed by atoms with Gasteiger partial charge in [-0.25, -0.2) is 9.78 Å². The van der Waals surface area contributed by atoms with E-state index in [1.165, 1.54) is 0 Å². The Balaban J connectivity index is 1.97. The van der Waals surface area contributed by atoms with Crippen molar-refractivity contribution < 1.29 is 19.1 Å². The Hall–Kier alpha value is -2.34. The van der Waals surface area contributed by atoms with Crippen LogP contribution in [0.4, 0.5) is 0 Å². The van der Waals surface area contributed by atoms with Crippen LogP contribution in [0.5, 0.6) is 5.75 Å². The standard InChI is InChI=1S/C19H26N2O4/c1-13(19(2,3)4)20-11-10-15-17(18(22)23)25-16(21-15)12-24-14-8-6-5-7-9-14/h5-9,13,20H,10-12H2,1-4H3,(H,22,23)/t13-/m1/s1. The molecule has 0 aliphatic heterocycles. The maximum absolute atomic E-state index is 11.4. The molecular weight excluding hydrogens is 320 g/mol. The van der Waals surface area contributed by atoms with Gasteiger partial charge < -0.3 is 19.6 Å². The largest absolute Gasteiger partial charge is 0.484 e. The summed E-state index contributed by atoms with van der Waals surface area (Å²) in [6, 6.07) is 9.56. The molecule has 1 heterocycles. The molecule has 0 spiro atoms. The number of aromatic carboxylic acids is 1. The fourth-order valence-corrected chi connectivity index (χ4v) is 2.17. The molecule has 2 N–H and O–H groups in total. The number of para-hydroxylation sites is 1. The first-order valence-corrected chi connectivity index (χ1v) is 8.40. The number of benzene rings is 1. The molecule has 1 aromatic carbocycles. The number of hydrogen-bond donors (Lipinski definition) is 2. The lowest BCUT2D eigenvalue weighted by molar-refractivity contribution is 0.0656. The molecule has 0 fully saturated rings. The van der Waals surface area contributed by atoms with Gasteiger partial charge in [0.1, 0.15) is 5.75 Å². The van der Waals surface area contributed by atoms with Crippen molar-refractivity contribution in [2.75, 3.05) is 6.54 Å². The van der Waals surface area contributed by atoms with Crippen molar-refractivity contribution >= 4 is 5.97 Å². The van der Waals surface area contributed by atoms with Gasteiger partial charge in [0, 0.05) is 19.0 Å². The van der Waals surface area contributed by atoms with E-state index in [4.69, 9.17) is 9.15 Å². The van der Waals surface area contributed by atoms with Crippen molar-refractivity contribution in [1.29, 1.82) is 0 Å². The van der Waals surface area contributed by atoms with E-state index in [1.807, 2.05) is 30.3 Å². The van der Waals surface area contributed by atoms with Gasteiger partial charge in [-0.05, 0) is 24.5 Å². The minimum atomic E-state index is -1.11. The maximum Gasteiger partial charge on any atom is 0.373 e. The number of oxazole rings is 1. The quantitative estimate of drug-likeness (QED) is 0.761. The second-order valence-corrected chi connectivity index (χ2v) is 7.08. The number of carboxylic acid groups (broad SMARTS) is 1. The van der Waals surface area contributed by atoms with Crippen LogP contribution in [0.15, 0.2) is 34.7 Å². The van der Waals surface area contributed by atoms with Crippen molar-refractivity contribution in [3.63, 3.8) is 0 Å². The Kier molecular flexibility index (Phi) is 6.20. The lowest BCUT2D eigenvalue weighted by atomic mass is 9.88. The number of rotatable bonds is 8. The van der Waals surface area contributed by atoms with Crippen LogP contribution in [0.1, 0.15) is 49.8 Å². The third-order valence-electron chi connectivity index (χ3n) is 4.15. The molecule has 0 bridgehead atoms. The molecule has 0 saturated heterocycles. The SMILES string of the molecule is C[C@@H](NCCc1nc(COc2ccccc2)oc1C(=O)O)C(C)(C)C. The number of nitrogens with zero attached hydrogens (tertiary/aromatic N) is 1. The summed E-state index contributed by atoms with van der Waals surface area (Å²) in [6.07, 6.45) is 0.483. The van der Waals surface area contributed by atoms with E-state index in [0.717, 1.165) is 0 Å². The van der Waals surface area contributed by atoms with Crippen molar-refractivity contribution in [2.45, 2.75) is 46.8 Å². The van der Waals surface area contributed by atoms with E-state index in [9.17, 15) is 9.90 Å². The fraction of sp³-hybridized carbons (Fsp3) is 0.474. The number of ether oxygens (including phenoxy) is 1. The third-order valence-corrected chi connectivity index (χ3v) is 4.15. The number of carbonyl (C=O) groups is 1. The Morgan fingerprint density at radius 3 is 2.60 bits per heavy atom. The van der Waals surface area contributed by atoms with E-state index in [0.29, 0.717) is 30.5 Å². The van der Waals surface area contributed by atoms with Crippen LogP contribution in [0, 0.1) is 5.41 Å². The predicted octanol–water partition coefficient (Wildman–Crippen LogP) is 3.52. The molecule has 2 rings (SSSR count). The van der Waals surface area contributed by atoms with Gasteiger partial charge in [0.15, 0.2) is 6.61 Å². The smallest absolute Gasteiger partial charge is 0.373 e. The van der Waals surface area contributed by atoms with Gasteiger partial charge in [-0.1, -0.05) is 39.0 Å². The second-order valence-electron chi connectivity index (χ2n) is 7.08. The predicted molar refractivity (Wildman–Crippen MR) is 94.9 cm³/mol. The molecule has 0 saturated carbocycles. The van der Waals surface area contributed by atoms with E-state index in [1.54, 1.807) is 0 Å². The molecule has 6 nitrogen and oxygen atoms in total. The summed E-state index contributed by atoms with van der Waals surface area (Å²) in [4.78, 5) is 15.7. The highest BCUT2D eigenvalue weighted by atomic mass is 16.5. The number of hydrogen-bond acceptors (Lipinski definition) is 5. The van der Waals surface area contributed by atoms with E-state index in [2.05, 4.69) is 38.0 Å². The Morgan fingerprint density at radius 2 is 2.00 bits per heavy atom. The van der Waals surface area contributed by atoms with Crippen LogP contribution in [0.3, 0.4) is 0 Å². The van der Waals surface area contributed by atoms with Gasteiger partial charge in [-0.3, -0.25) is 0 Å². The molecule has 2 aromatic rings. The first kappa shape index (κ1) is 19.0. The van der Waals surface area contributed by atoms with Crippen LogP contribution in [0.25, 0.3) is 0 Å². The fourth-order valence-electron chi connectivity index (χ4n) is 2.17. The summed E-state index contributed by atoms with van der Waals surface area (Å²) < 4.78 is 10.9. The average molecular weight is 346 g/mol. The van der Waals surface area contributed by atoms with Gasteiger partial charge in [0.05, 0.1) is 5.69 Å². The topological polar surface area (TPSA) is 84.6 Å². The van der Waals surface area contributed by atoms with E-state index in [-0.39, 0.29) is 23.7 Å². The zero-order valence-electron chi connectivity index (χ0n) is 15.2. The first-order valence-electron chi connectivity index (χ1n) is 8.40. The van der Waals surface area contributed by atoms with Crippen LogP contribution in [-0.2, 0) is 13.0 Å². The van der Waals surface area contributed by atoms with Crippen LogP contribution in [-0.4, -0.2) is 28.6 Å². The minimum Gasteiger partial charge on any atom is -0.484 e. The van der Waals surface area contributed by atoms with E-state index >= 15 is 0 Å². The molecule has 1 aromatic heterocycles. The Morgan fingerprint density at radius 1 is 1.32 bits per heavy atom. The highest BCUT2D eigenvalue weighted by Gasteiger charge is 2.22. The molecule has 0 unspecified atom stereocenters. The Labute approximate surface area is 148 Å². The lowest BCUT2D eigenvalue weighted by Crippen LogP contribution is -2.38. The van der Waals surface area contributed by atoms with Crippen molar-refractivity contribution in [1.82, 2.24) is 10.3 Å². The summed E-state index contributed by atoms with van der Waals surface area (Å²) >= 11 is 0. The van der Waals surface area contributed by atoms with Gasteiger partial charge >= 0.3 is 5.97 Å². The molecule has 1 atom stereocenters. The first-order chi connectivity index (χ1) is 11.8. The Bertz CT molecular complexity index is 689. The molecule has 0 amide bonds. The summed E-state index contributed by atoms with van der Waals surface area (Å²) in [5.41, 5.74) is 0.571. The summed E-state index contributed by atoms with van der Waals surface area (Å²) in [5, 5.41) is 12.7. The van der Waals surface area contributed by atoms with Gasteiger partial charge in [0.2, 0.25) is 11.7 Å². The van der Waals surface area contributed by atoms with Crippen LogP contribution in [0.2, 0.25) is 0 Å². The zero-order valence-corrected chi connectivity index (χ0v) is 15.2. The van der Waals surface area contributed by atoms with Crippen molar-refractivity contribution in [3.05, 3.63) is 47.7 Å². The molecule has 6 heteroatoms. The second kappa shape index (κ2) is 8.16.